The van der Waals surface area contributed by atoms with Crippen molar-refractivity contribution in [2.24, 2.45) is 0 Å². The van der Waals surface area contributed by atoms with E-state index in [0.29, 0.717) is 0 Å². The fourth-order valence-electron chi connectivity index (χ4n) is 9.76. The smallest absolute Gasteiger partial charge is 0.0546 e. The first-order chi connectivity index (χ1) is 23.7. The molecule has 6 aromatic rings. The average Bonchev–Trinajstić information content (AvgIpc) is 3.54. The minimum absolute atomic E-state index is 0.102. The lowest BCUT2D eigenvalue weighted by molar-refractivity contribution is 0.659. The molecule has 3 aliphatic carbocycles. The minimum Gasteiger partial charge on any atom is -0.309 e. The topological polar surface area (TPSA) is 3.24 Å². The predicted octanol–water partition coefficient (Wildman–Crippen LogP) is 13.3. The molecule has 0 unspecified atom stereocenters. The maximum atomic E-state index is 2.63. The monoisotopic (exact) mass is 649 g/mol. The summed E-state index contributed by atoms with van der Waals surface area (Å²) in [6.45, 7) is 23.4. The Kier molecular flexibility index (Phi) is 6.29. The van der Waals surface area contributed by atoms with Gasteiger partial charge in [-0.05, 0) is 119 Å². The lowest BCUT2D eigenvalue weighted by Gasteiger charge is -2.33. The van der Waals surface area contributed by atoms with Gasteiger partial charge in [-0.3, -0.25) is 0 Å². The minimum atomic E-state index is -0.106. The van der Waals surface area contributed by atoms with Crippen LogP contribution in [0.4, 0.5) is 17.1 Å². The third kappa shape index (κ3) is 4.07. The zero-order valence-corrected chi connectivity index (χ0v) is 31.3. The summed E-state index contributed by atoms with van der Waals surface area (Å²) in [6.07, 6.45) is 0. The van der Waals surface area contributed by atoms with Gasteiger partial charge in [-0.2, -0.15) is 0 Å². The molecule has 0 N–H and O–H groups in total. The Labute approximate surface area is 298 Å². The van der Waals surface area contributed by atoms with E-state index in [1.54, 1.807) is 0 Å². The van der Waals surface area contributed by atoms with Crippen LogP contribution < -0.4 is 4.90 Å². The molecule has 0 spiro atoms. The molecule has 0 aliphatic heterocycles. The van der Waals surface area contributed by atoms with Crippen LogP contribution in [0.25, 0.3) is 33.4 Å². The molecule has 3 aliphatic rings. The first-order valence-electron chi connectivity index (χ1n) is 18.3. The summed E-state index contributed by atoms with van der Waals surface area (Å²) in [5.74, 6) is 0. The number of nitrogens with zero attached hydrogens (tertiary/aromatic N) is 1. The first-order valence-corrected chi connectivity index (χ1v) is 18.3. The van der Waals surface area contributed by atoms with Crippen LogP contribution in [-0.4, -0.2) is 0 Å². The largest absolute Gasteiger partial charge is 0.309 e. The van der Waals surface area contributed by atoms with Crippen LogP contribution in [0.15, 0.2) is 103 Å². The summed E-state index contributed by atoms with van der Waals surface area (Å²) >= 11 is 0. The molecule has 0 bridgehead atoms. The van der Waals surface area contributed by atoms with Crippen LogP contribution in [-0.2, 0) is 16.2 Å². The molecule has 0 aromatic heterocycles. The summed E-state index contributed by atoms with van der Waals surface area (Å²) in [5.41, 5.74) is 25.2. The number of aryl methyl sites for hydroxylation is 4. The van der Waals surface area contributed by atoms with Gasteiger partial charge in [-0.25, -0.2) is 0 Å². The molecule has 1 nitrogen and oxygen atoms in total. The zero-order valence-electron chi connectivity index (χ0n) is 31.3. The number of anilines is 3. The molecule has 248 valence electrons. The van der Waals surface area contributed by atoms with Crippen molar-refractivity contribution in [1.29, 1.82) is 0 Å². The van der Waals surface area contributed by atoms with E-state index in [2.05, 4.69) is 177 Å². The Morgan fingerprint density at radius 2 is 0.780 bits per heavy atom. The third-order valence-corrected chi connectivity index (χ3v) is 12.4. The van der Waals surface area contributed by atoms with Gasteiger partial charge >= 0.3 is 0 Å². The van der Waals surface area contributed by atoms with Gasteiger partial charge in [-0.1, -0.05) is 132 Å². The molecular weight excluding hydrogens is 603 g/mol. The fraction of sp³-hybridized carbons (Fsp3) is 0.265. The van der Waals surface area contributed by atoms with Gasteiger partial charge in [0.05, 0.1) is 11.4 Å². The van der Waals surface area contributed by atoms with Gasteiger partial charge in [-0.15, -0.1) is 0 Å². The van der Waals surface area contributed by atoms with Crippen molar-refractivity contribution in [2.45, 2.75) is 85.5 Å². The van der Waals surface area contributed by atoms with Crippen molar-refractivity contribution in [3.05, 3.63) is 159 Å². The lowest BCUT2D eigenvalue weighted by atomic mass is 9.81. The second-order valence-corrected chi connectivity index (χ2v) is 17.0. The molecule has 9 rings (SSSR count). The Morgan fingerprint density at radius 3 is 1.32 bits per heavy atom. The van der Waals surface area contributed by atoms with Crippen molar-refractivity contribution in [3.8, 4) is 33.4 Å². The van der Waals surface area contributed by atoms with Gasteiger partial charge in [0.25, 0.3) is 0 Å². The van der Waals surface area contributed by atoms with Crippen molar-refractivity contribution in [1.82, 2.24) is 0 Å². The van der Waals surface area contributed by atoms with E-state index in [-0.39, 0.29) is 16.2 Å². The highest BCUT2D eigenvalue weighted by Crippen LogP contribution is 2.59. The van der Waals surface area contributed by atoms with Crippen LogP contribution >= 0.6 is 0 Å². The SMILES string of the molecule is Cc1ccc2c(c1)C(C)(C)c1cc(C)cc(N(c3ccc4c(c3)C(C)(C)c3ccccc3-4)c3cc(C)cc4c3-c3ccc(C)cc3C4(C)C)c1-2. The summed E-state index contributed by atoms with van der Waals surface area (Å²) in [5, 5.41) is 0. The van der Waals surface area contributed by atoms with Crippen LogP contribution in [0.2, 0.25) is 0 Å². The number of rotatable bonds is 3. The van der Waals surface area contributed by atoms with Crippen molar-refractivity contribution in [3.63, 3.8) is 0 Å². The Bertz CT molecular complexity index is 2330. The fourth-order valence-corrected chi connectivity index (χ4v) is 9.76. The summed E-state index contributed by atoms with van der Waals surface area (Å²) in [4.78, 5) is 2.63. The predicted molar refractivity (Wildman–Crippen MR) is 213 cm³/mol. The van der Waals surface area contributed by atoms with E-state index in [1.165, 1.54) is 106 Å². The second kappa shape index (κ2) is 10.1. The summed E-state index contributed by atoms with van der Waals surface area (Å²) < 4.78 is 0. The van der Waals surface area contributed by atoms with Crippen LogP contribution in [0.5, 0.6) is 0 Å². The average molecular weight is 650 g/mol. The molecule has 0 atom stereocenters. The van der Waals surface area contributed by atoms with Crippen molar-refractivity contribution >= 4 is 17.1 Å². The molecular formula is C49H47N. The van der Waals surface area contributed by atoms with E-state index < -0.39 is 0 Å². The van der Waals surface area contributed by atoms with Gasteiger partial charge in [0.1, 0.15) is 0 Å². The molecule has 0 radical (unpaired) electrons. The maximum absolute atomic E-state index is 2.63. The van der Waals surface area contributed by atoms with E-state index >= 15 is 0 Å². The van der Waals surface area contributed by atoms with E-state index in [1.807, 2.05) is 0 Å². The second-order valence-electron chi connectivity index (χ2n) is 17.0. The van der Waals surface area contributed by atoms with Crippen LogP contribution in [0, 0.1) is 27.7 Å². The van der Waals surface area contributed by atoms with Gasteiger partial charge < -0.3 is 4.90 Å². The lowest BCUT2D eigenvalue weighted by Crippen LogP contribution is -2.19. The number of fused-ring (bicyclic) bond motifs is 9. The standard InChI is InChI=1S/C49H47N/c1-28-15-18-35-38(21-28)48(7,8)41-23-30(3)25-43(45(35)41)50(32-17-20-34-33-13-11-12-14-37(33)47(5,6)40(34)27-32)44-26-31(4)24-42-46(44)36-19-16-29(2)22-39(36)49(42,9)10/h11-27H,1-10H3. The van der Waals surface area contributed by atoms with Crippen LogP contribution in [0.3, 0.4) is 0 Å². The molecule has 0 amide bonds. The molecule has 0 heterocycles. The van der Waals surface area contributed by atoms with Gasteiger partial charge in [0.15, 0.2) is 0 Å². The van der Waals surface area contributed by atoms with Crippen molar-refractivity contribution in [2.75, 3.05) is 4.90 Å². The molecule has 1 heteroatoms. The molecule has 0 fully saturated rings. The summed E-state index contributed by atoms with van der Waals surface area (Å²) in [7, 11) is 0. The quantitative estimate of drug-likeness (QED) is 0.184. The Balaban J connectivity index is 1.40. The Morgan fingerprint density at radius 1 is 0.360 bits per heavy atom. The van der Waals surface area contributed by atoms with E-state index in [9.17, 15) is 0 Å². The first kappa shape index (κ1) is 31.1. The molecule has 0 saturated heterocycles. The van der Waals surface area contributed by atoms with E-state index in [0.717, 1.165) is 0 Å². The highest BCUT2D eigenvalue weighted by molar-refractivity contribution is 6.01. The molecule has 0 saturated carbocycles. The Hall–Kier alpha value is -4.88. The zero-order chi connectivity index (χ0) is 35.1. The number of hydrogen-bond donors (Lipinski definition) is 0. The highest BCUT2D eigenvalue weighted by atomic mass is 15.1. The van der Waals surface area contributed by atoms with Crippen molar-refractivity contribution < 1.29 is 0 Å². The van der Waals surface area contributed by atoms with E-state index in [4.69, 9.17) is 0 Å². The third-order valence-electron chi connectivity index (χ3n) is 12.4. The number of benzene rings is 6. The normalized spacial score (nSPS) is 16.3. The summed E-state index contributed by atoms with van der Waals surface area (Å²) in [6, 6.07) is 40.2. The van der Waals surface area contributed by atoms with Crippen LogP contribution in [0.1, 0.15) is 97.2 Å². The maximum Gasteiger partial charge on any atom is 0.0546 e. The van der Waals surface area contributed by atoms with Gasteiger partial charge in [0, 0.05) is 33.1 Å². The highest BCUT2D eigenvalue weighted by Gasteiger charge is 2.42. The van der Waals surface area contributed by atoms with Gasteiger partial charge in [0.2, 0.25) is 0 Å². The molecule has 6 aromatic carbocycles. The molecule has 50 heavy (non-hydrogen) atoms. The number of hydrogen-bond acceptors (Lipinski definition) is 1.